The molecule has 0 radical (unpaired) electrons. The number of halogens is 1. The average Bonchev–Trinajstić information content (AvgIpc) is 3.33. The second-order valence-corrected chi connectivity index (χ2v) is 9.28. The number of sulfonamides is 1. The van der Waals surface area contributed by atoms with Gasteiger partial charge in [0.05, 0.1) is 30.9 Å². The number of anilines is 1. The van der Waals surface area contributed by atoms with Gasteiger partial charge in [0.25, 0.3) is 5.91 Å². The van der Waals surface area contributed by atoms with Crippen molar-refractivity contribution in [2.45, 2.75) is 11.5 Å². The molecule has 34 heavy (non-hydrogen) atoms. The van der Waals surface area contributed by atoms with Crippen LogP contribution in [0, 0.1) is 5.82 Å². The number of carbonyl (C=O) groups excluding carboxylic acids is 1. The molecule has 11 heteroatoms. The van der Waals surface area contributed by atoms with Gasteiger partial charge in [0.2, 0.25) is 10.0 Å². The number of morpholine rings is 1. The van der Waals surface area contributed by atoms with Crippen LogP contribution in [0.1, 0.15) is 16.3 Å². The van der Waals surface area contributed by atoms with Gasteiger partial charge in [-0.25, -0.2) is 12.8 Å². The van der Waals surface area contributed by atoms with Crippen molar-refractivity contribution in [3.63, 3.8) is 0 Å². The number of rotatable bonds is 8. The summed E-state index contributed by atoms with van der Waals surface area (Å²) in [5, 5.41) is 2.64. The van der Waals surface area contributed by atoms with Crippen LogP contribution in [0.2, 0.25) is 0 Å². The fourth-order valence-electron chi connectivity index (χ4n) is 3.33. The van der Waals surface area contributed by atoms with E-state index in [1.807, 2.05) is 0 Å². The van der Waals surface area contributed by atoms with Crippen LogP contribution >= 0.6 is 0 Å². The topological polar surface area (TPSA) is 107 Å². The predicted molar refractivity (Wildman–Crippen MR) is 120 cm³/mol. The molecule has 0 atom stereocenters. The monoisotopic (exact) mass is 490 g/mol. The van der Waals surface area contributed by atoms with Crippen LogP contribution in [0.15, 0.2) is 63.9 Å². The fraction of sp³-hybridized carbons (Fsp3) is 0.261. The lowest BCUT2D eigenvalue weighted by Gasteiger charge is -2.26. The first-order valence-corrected chi connectivity index (χ1v) is 11.9. The molecule has 1 saturated heterocycles. The molecule has 1 aliphatic rings. The summed E-state index contributed by atoms with van der Waals surface area (Å²) in [5.41, 5.74) is 0.183. The highest BCUT2D eigenvalue weighted by atomic mass is 32.2. The standard InChI is InChI=1S/C23H23FN2O7S/c1-30-21-9-7-19(34(28,29)26-10-12-31-13-11-26)14-20(21)25-23(27)22-8-6-18(33-22)15-32-17-4-2-16(24)3-5-17/h2-9,14H,10-13,15H2,1H3,(H,25,27). The maximum Gasteiger partial charge on any atom is 0.291 e. The van der Waals surface area contributed by atoms with Gasteiger partial charge in [0, 0.05) is 13.1 Å². The lowest BCUT2D eigenvalue weighted by atomic mass is 10.3. The summed E-state index contributed by atoms with van der Waals surface area (Å²) in [6, 6.07) is 12.8. The van der Waals surface area contributed by atoms with E-state index in [0.717, 1.165) is 0 Å². The number of nitrogens with one attached hydrogen (secondary N) is 1. The van der Waals surface area contributed by atoms with Crippen molar-refractivity contribution in [1.29, 1.82) is 0 Å². The van der Waals surface area contributed by atoms with Gasteiger partial charge in [0.15, 0.2) is 5.76 Å². The Morgan fingerprint density at radius 3 is 2.53 bits per heavy atom. The van der Waals surface area contributed by atoms with E-state index in [9.17, 15) is 17.6 Å². The summed E-state index contributed by atoms with van der Waals surface area (Å²) in [6.45, 7) is 1.20. The first kappa shape index (κ1) is 23.7. The molecule has 0 saturated carbocycles. The largest absolute Gasteiger partial charge is 0.495 e. The molecule has 9 nitrogen and oxygen atoms in total. The van der Waals surface area contributed by atoms with Crippen LogP contribution in [0.3, 0.4) is 0 Å². The zero-order valence-electron chi connectivity index (χ0n) is 18.3. The molecule has 1 aromatic heterocycles. The first-order valence-electron chi connectivity index (χ1n) is 10.4. The van der Waals surface area contributed by atoms with Crippen LogP contribution in [-0.2, 0) is 21.4 Å². The number of carbonyl (C=O) groups is 1. The van der Waals surface area contributed by atoms with Crippen LogP contribution < -0.4 is 14.8 Å². The molecule has 0 bridgehead atoms. The number of hydrogen-bond acceptors (Lipinski definition) is 7. The van der Waals surface area contributed by atoms with Crippen molar-refractivity contribution in [3.05, 3.63) is 71.9 Å². The van der Waals surface area contributed by atoms with Gasteiger partial charge in [-0.3, -0.25) is 4.79 Å². The molecule has 0 spiro atoms. The second kappa shape index (κ2) is 10.2. The van der Waals surface area contributed by atoms with Crippen LogP contribution in [0.4, 0.5) is 10.1 Å². The number of amides is 1. The zero-order chi connectivity index (χ0) is 24.1. The molecule has 1 N–H and O–H groups in total. The number of benzene rings is 2. The van der Waals surface area contributed by atoms with Crippen molar-refractivity contribution in [1.82, 2.24) is 4.31 Å². The van der Waals surface area contributed by atoms with Crippen molar-refractivity contribution in [3.8, 4) is 11.5 Å². The molecule has 1 aliphatic heterocycles. The number of furan rings is 1. The molecule has 180 valence electrons. The third-order valence-corrected chi connectivity index (χ3v) is 7.00. The average molecular weight is 491 g/mol. The molecular formula is C23H23FN2O7S. The molecule has 0 aliphatic carbocycles. The van der Waals surface area contributed by atoms with Crippen molar-refractivity contribution >= 4 is 21.6 Å². The number of hydrogen-bond donors (Lipinski definition) is 1. The lowest BCUT2D eigenvalue weighted by molar-refractivity contribution is 0.0730. The van der Waals surface area contributed by atoms with E-state index >= 15 is 0 Å². The van der Waals surface area contributed by atoms with E-state index in [4.69, 9.17) is 18.6 Å². The first-order chi connectivity index (χ1) is 16.4. The maximum atomic E-state index is 13.0. The highest BCUT2D eigenvalue weighted by Gasteiger charge is 2.27. The minimum Gasteiger partial charge on any atom is -0.495 e. The van der Waals surface area contributed by atoms with Gasteiger partial charge < -0.3 is 23.9 Å². The highest BCUT2D eigenvalue weighted by Crippen LogP contribution is 2.30. The number of ether oxygens (including phenoxy) is 3. The summed E-state index contributed by atoms with van der Waals surface area (Å²) in [4.78, 5) is 12.8. The quantitative estimate of drug-likeness (QED) is 0.516. The van der Waals surface area contributed by atoms with E-state index in [2.05, 4.69) is 5.32 Å². The molecule has 0 unspecified atom stereocenters. The van der Waals surface area contributed by atoms with E-state index in [1.165, 1.54) is 59.9 Å². The third kappa shape index (κ3) is 5.38. The Kier molecular flexibility index (Phi) is 7.15. The van der Waals surface area contributed by atoms with Gasteiger partial charge in [-0.05, 0) is 54.6 Å². The Labute approximate surface area is 196 Å². The lowest BCUT2D eigenvalue weighted by Crippen LogP contribution is -2.40. The Morgan fingerprint density at radius 1 is 1.09 bits per heavy atom. The minimum absolute atomic E-state index is 0.00111. The molecule has 1 amide bonds. The summed E-state index contributed by atoms with van der Waals surface area (Å²) >= 11 is 0. The Hall–Kier alpha value is -3.41. The summed E-state index contributed by atoms with van der Waals surface area (Å²) in [7, 11) is -2.34. The summed E-state index contributed by atoms with van der Waals surface area (Å²) < 4.78 is 61.8. The molecule has 2 aromatic carbocycles. The molecule has 4 rings (SSSR count). The predicted octanol–water partition coefficient (Wildman–Crippen LogP) is 3.28. The van der Waals surface area contributed by atoms with Crippen LogP contribution in [-0.4, -0.2) is 52.0 Å². The Bertz CT molecular complexity index is 1250. The zero-order valence-corrected chi connectivity index (χ0v) is 19.1. The second-order valence-electron chi connectivity index (χ2n) is 7.34. The van der Waals surface area contributed by atoms with E-state index < -0.39 is 15.9 Å². The van der Waals surface area contributed by atoms with Gasteiger partial charge in [-0.2, -0.15) is 4.31 Å². The third-order valence-electron chi connectivity index (χ3n) is 5.11. The van der Waals surface area contributed by atoms with E-state index in [-0.39, 0.29) is 41.9 Å². The summed E-state index contributed by atoms with van der Waals surface area (Å²) in [5.74, 6) is 0.160. The number of nitrogens with zero attached hydrogens (tertiary/aromatic N) is 1. The minimum atomic E-state index is -3.76. The SMILES string of the molecule is COc1ccc(S(=O)(=O)N2CCOCC2)cc1NC(=O)c1ccc(COc2ccc(F)cc2)o1. The molecule has 1 fully saturated rings. The van der Waals surface area contributed by atoms with Crippen molar-refractivity contribution < 1.29 is 36.2 Å². The molecule has 2 heterocycles. The van der Waals surface area contributed by atoms with Crippen molar-refractivity contribution in [2.75, 3.05) is 38.7 Å². The Morgan fingerprint density at radius 2 is 1.82 bits per heavy atom. The van der Waals surface area contributed by atoms with E-state index in [1.54, 1.807) is 6.07 Å². The fourth-order valence-corrected chi connectivity index (χ4v) is 4.76. The van der Waals surface area contributed by atoms with Gasteiger partial charge in [-0.15, -0.1) is 0 Å². The van der Waals surface area contributed by atoms with Gasteiger partial charge in [0.1, 0.15) is 29.7 Å². The van der Waals surface area contributed by atoms with Crippen molar-refractivity contribution in [2.24, 2.45) is 0 Å². The van der Waals surface area contributed by atoms with Gasteiger partial charge in [-0.1, -0.05) is 0 Å². The smallest absolute Gasteiger partial charge is 0.291 e. The van der Waals surface area contributed by atoms with Crippen LogP contribution in [0.25, 0.3) is 0 Å². The van der Waals surface area contributed by atoms with E-state index in [0.29, 0.717) is 30.5 Å². The normalized spacial score (nSPS) is 14.5. The highest BCUT2D eigenvalue weighted by molar-refractivity contribution is 7.89. The summed E-state index contributed by atoms with van der Waals surface area (Å²) in [6.07, 6.45) is 0. The Balaban J connectivity index is 1.47. The van der Waals surface area contributed by atoms with Gasteiger partial charge >= 0.3 is 0 Å². The maximum absolute atomic E-state index is 13.0. The number of methoxy groups -OCH3 is 1. The molecular weight excluding hydrogens is 467 g/mol. The van der Waals surface area contributed by atoms with Crippen LogP contribution in [0.5, 0.6) is 11.5 Å². The molecule has 3 aromatic rings.